The van der Waals surface area contributed by atoms with E-state index in [0.29, 0.717) is 29.9 Å². The standard InChI is InChI=1S/C24H23NO4/c1-24(26,18-8-4-3-5-9-18)15-14-17-12-13-21(22(16-17)27-2)29-23-25-19-10-6-7-11-20(19)28-23/h3-13,16,26H,14-15H2,1-2H3. The summed E-state index contributed by atoms with van der Waals surface area (Å²) < 4.78 is 16.9. The Labute approximate surface area is 169 Å². The van der Waals surface area contributed by atoms with Crippen LogP contribution in [0.25, 0.3) is 11.1 Å². The Balaban J connectivity index is 1.49. The van der Waals surface area contributed by atoms with Crippen LogP contribution in [0.1, 0.15) is 24.5 Å². The molecule has 1 heterocycles. The molecule has 4 rings (SSSR count). The fraction of sp³-hybridized carbons (Fsp3) is 0.208. The van der Waals surface area contributed by atoms with Crippen LogP contribution in [-0.4, -0.2) is 17.2 Å². The molecule has 0 saturated heterocycles. The molecule has 0 aliphatic heterocycles. The molecule has 1 N–H and O–H groups in total. The first kappa shape index (κ1) is 19.0. The number of hydrogen-bond donors (Lipinski definition) is 1. The van der Waals surface area contributed by atoms with Gasteiger partial charge in [0.15, 0.2) is 17.1 Å². The molecule has 29 heavy (non-hydrogen) atoms. The molecular formula is C24H23NO4. The number of methoxy groups -OCH3 is 1. The number of ether oxygens (including phenoxy) is 2. The van der Waals surface area contributed by atoms with E-state index in [4.69, 9.17) is 13.9 Å². The van der Waals surface area contributed by atoms with Crippen molar-refractivity contribution in [3.8, 4) is 17.6 Å². The van der Waals surface area contributed by atoms with Crippen LogP contribution in [0, 0.1) is 0 Å². The smallest absolute Gasteiger partial charge is 0.400 e. The van der Waals surface area contributed by atoms with Gasteiger partial charge in [-0.1, -0.05) is 48.5 Å². The first-order chi connectivity index (χ1) is 14.0. The second-order valence-corrected chi connectivity index (χ2v) is 7.17. The van der Waals surface area contributed by atoms with E-state index in [1.807, 2.05) is 79.7 Å². The van der Waals surface area contributed by atoms with E-state index in [1.54, 1.807) is 7.11 Å². The molecule has 1 atom stereocenters. The zero-order valence-corrected chi connectivity index (χ0v) is 16.5. The summed E-state index contributed by atoms with van der Waals surface area (Å²) in [7, 11) is 1.60. The number of fused-ring (bicyclic) bond motifs is 1. The molecule has 0 amide bonds. The average Bonchev–Trinajstić information content (AvgIpc) is 3.16. The van der Waals surface area contributed by atoms with Gasteiger partial charge < -0.3 is 19.0 Å². The van der Waals surface area contributed by atoms with Crippen LogP contribution in [0.2, 0.25) is 0 Å². The highest BCUT2D eigenvalue weighted by atomic mass is 16.6. The molecule has 0 aliphatic rings. The lowest BCUT2D eigenvalue weighted by Crippen LogP contribution is -2.21. The van der Waals surface area contributed by atoms with Crippen molar-refractivity contribution in [1.29, 1.82) is 0 Å². The van der Waals surface area contributed by atoms with Crippen molar-refractivity contribution in [3.63, 3.8) is 0 Å². The van der Waals surface area contributed by atoms with Gasteiger partial charge in [-0.3, -0.25) is 0 Å². The predicted octanol–water partition coefficient (Wildman–Crippen LogP) is 5.47. The number of rotatable bonds is 7. The molecule has 5 heteroatoms. The van der Waals surface area contributed by atoms with Crippen LogP contribution >= 0.6 is 0 Å². The van der Waals surface area contributed by atoms with E-state index in [1.165, 1.54) is 0 Å². The van der Waals surface area contributed by atoms with Gasteiger partial charge in [0, 0.05) is 0 Å². The normalized spacial score (nSPS) is 13.2. The molecule has 1 aromatic heterocycles. The topological polar surface area (TPSA) is 64.7 Å². The summed E-state index contributed by atoms with van der Waals surface area (Å²) >= 11 is 0. The lowest BCUT2D eigenvalue weighted by atomic mass is 9.89. The van der Waals surface area contributed by atoms with Crippen LogP contribution in [0.4, 0.5) is 0 Å². The van der Waals surface area contributed by atoms with E-state index in [2.05, 4.69) is 4.98 Å². The quantitative estimate of drug-likeness (QED) is 0.454. The van der Waals surface area contributed by atoms with Gasteiger partial charge in [-0.05, 0) is 55.2 Å². The van der Waals surface area contributed by atoms with Crippen LogP contribution in [0.5, 0.6) is 17.6 Å². The van der Waals surface area contributed by atoms with Gasteiger partial charge in [0.25, 0.3) is 0 Å². The third-order valence-electron chi connectivity index (χ3n) is 5.00. The van der Waals surface area contributed by atoms with E-state index in [0.717, 1.165) is 16.6 Å². The zero-order valence-electron chi connectivity index (χ0n) is 16.5. The maximum atomic E-state index is 10.8. The van der Waals surface area contributed by atoms with Gasteiger partial charge in [-0.2, -0.15) is 4.98 Å². The van der Waals surface area contributed by atoms with Crippen molar-refractivity contribution in [2.24, 2.45) is 0 Å². The Morgan fingerprint density at radius 1 is 0.966 bits per heavy atom. The van der Waals surface area contributed by atoms with Crippen LogP contribution in [0.3, 0.4) is 0 Å². The lowest BCUT2D eigenvalue weighted by Gasteiger charge is -2.24. The van der Waals surface area contributed by atoms with Gasteiger partial charge in [-0.15, -0.1) is 0 Å². The monoisotopic (exact) mass is 389 g/mol. The number of aryl methyl sites for hydroxylation is 1. The molecular weight excluding hydrogens is 366 g/mol. The van der Waals surface area contributed by atoms with Crippen molar-refractivity contribution in [2.45, 2.75) is 25.4 Å². The fourth-order valence-corrected chi connectivity index (χ4v) is 3.27. The highest BCUT2D eigenvalue weighted by Gasteiger charge is 2.22. The van der Waals surface area contributed by atoms with Gasteiger partial charge in [0.05, 0.1) is 12.7 Å². The maximum Gasteiger partial charge on any atom is 0.400 e. The first-order valence-corrected chi connectivity index (χ1v) is 9.53. The minimum Gasteiger partial charge on any atom is -0.493 e. The van der Waals surface area contributed by atoms with Crippen LogP contribution in [0.15, 0.2) is 77.2 Å². The summed E-state index contributed by atoms with van der Waals surface area (Å²) in [6, 6.07) is 22.9. The number of oxazole rings is 1. The molecule has 0 aliphatic carbocycles. The van der Waals surface area contributed by atoms with Crippen molar-refractivity contribution < 1.29 is 19.0 Å². The van der Waals surface area contributed by atoms with E-state index in [-0.39, 0.29) is 6.08 Å². The Hall–Kier alpha value is -3.31. The highest BCUT2D eigenvalue weighted by Crippen LogP contribution is 2.34. The largest absolute Gasteiger partial charge is 0.493 e. The third-order valence-corrected chi connectivity index (χ3v) is 5.00. The van der Waals surface area contributed by atoms with E-state index in [9.17, 15) is 5.11 Å². The zero-order chi connectivity index (χ0) is 20.3. The first-order valence-electron chi connectivity index (χ1n) is 9.53. The Kier molecular flexibility index (Phi) is 5.23. The number of hydrogen-bond acceptors (Lipinski definition) is 5. The maximum absolute atomic E-state index is 10.8. The Bertz CT molecular complexity index is 1070. The van der Waals surface area contributed by atoms with Gasteiger partial charge in [-0.25, -0.2) is 0 Å². The molecule has 4 aromatic rings. The summed E-state index contributed by atoms with van der Waals surface area (Å²) in [6.07, 6.45) is 1.46. The number of para-hydroxylation sites is 2. The van der Waals surface area contributed by atoms with Crippen molar-refractivity contribution >= 4 is 11.1 Å². The predicted molar refractivity (Wildman–Crippen MR) is 111 cm³/mol. The summed E-state index contributed by atoms with van der Waals surface area (Å²) in [6.45, 7) is 1.84. The average molecular weight is 389 g/mol. The minimum absolute atomic E-state index is 0.171. The van der Waals surface area contributed by atoms with Gasteiger partial charge in [0.1, 0.15) is 5.52 Å². The molecule has 3 aromatic carbocycles. The summed E-state index contributed by atoms with van der Waals surface area (Å²) in [4.78, 5) is 4.33. The number of aromatic nitrogens is 1. The minimum atomic E-state index is -0.901. The Morgan fingerprint density at radius 2 is 1.72 bits per heavy atom. The molecule has 0 radical (unpaired) electrons. The van der Waals surface area contributed by atoms with E-state index >= 15 is 0 Å². The second-order valence-electron chi connectivity index (χ2n) is 7.17. The molecule has 5 nitrogen and oxygen atoms in total. The SMILES string of the molecule is COc1cc(CCC(C)(O)c2ccccc2)ccc1Oc1nc2ccccc2o1. The Morgan fingerprint density at radius 3 is 2.48 bits per heavy atom. The number of aliphatic hydroxyl groups is 1. The van der Waals surface area contributed by atoms with Gasteiger partial charge in [0.2, 0.25) is 0 Å². The van der Waals surface area contributed by atoms with Crippen molar-refractivity contribution in [2.75, 3.05) is 7.11 Å². The summed E-state index contributed by atoms with van der Waals surface area (Å²) in [5, 5.41) is 10.8. The molecule has 148 valence electrons. The van der Waals surface area contributed by atoms with E-state index < -0.39 is 5.60 Å². The third kappa shape index (κ3) is 4.25. The number of benzene rings is 3. The molecule has 1 unspecified atom stereocenters. The highest BCUT2D eigenvalue weighted by molar-refractivity contribution is 5.72. The second kappa shape index (κ2) is 7.97. The summed E-state index contributed by atoms with van der Waals surface area (Å²) in [5.74, 6) is 1.11. The van der Waals surface area contributed by atoms with Gasteiger partial charge >= 0.3 is 6.08 Å². The molecule has 0 bridgehead atoms. The van der Waals surface area contributed by atoms with Crippen LogP contribution < -0.4 is 9.47 Å². The number of nitrogens with zero attached hydrogens (tertiary/aromatic N) is 1. The lowest BCUT2D eigenvalue weighted by molar-refractivity contribution is 0.0480. The molecule has 0 fully saturated rings. The van der Waals surface area contributed by atoms with Crippen molar-refractivity contribution in [3.05, 3.63) is 83.9 Å². The fourth-order valence-electron chi connectivity index (χ4n) is 3.27. The van der Waals surface area contributed by atoms with Crippen molar-refractivity contribution in [1.82, 2.24) is 4.98 Å². The molecule has 0 saturated carbocycles. The summed E-state index contributed by atoms with van der Waals surface area (Å²) in [5.41, 5.74) is 2.45. The molecule has 0 spiro atoms. The van der Waals surface area contributed by atoms with Crippen LogP contribution in [-0.2, 0) is 12.0 Å².